The lowest BCUT2D eigenvalue weighted by molar-refractivity contribution is -0.479. The molecule has 0 saturated carbocycles. The maximum Gasteiger partial charge on any atom is 0.313 e. The van der Waals surface area contributed by atoms with Gasteiger partial charge in [-0.2, -0.15) is 0 Å². The molecule has 0 spiro atoms. The van der Waals surface area contributed by atoms with Crippen molar-refractivity contribution >= 4 is 34.8 Å². The smallest absolute Gasteiger partial charge is 0.313 e. The third-order valence-electron chi connectivity index (χ3n) is 8.41. The van der Waals surface area contributed by atoms with E-state index < -0.39 is 133 Å². The van der Waals surface area contributed by atoms with Gasteiger partial charge < -0.3 is 43.1 Å². The van der Waals surface area contributed by atoms with E-state index in [2.05, 4.69) is 6.92 Å². The van der Waals surface area contributed by atoms with E-state index in [0.29, 0.717) is 41.6 Å². The van der Waals surface area contributed by atoms with E-state index in [0.717, 1.165) is 6.42 Å². The number of phenolic OH excluding ortho intramolecular Hbond substituents is 1. The van der Waals surface area contributed by atoms with Gasteiger partial charge in [-0.1, -0.05) is 6.92 Å². The molecule has 1 aromatic heterocycles. The number of aromatic hydroxyl groups is 1. The van der Waals surface area contributed by atoms with Crippen LogP contribution < -0.4 is 10.2 Å². The molecule has 2 aliphatic heterocycles. The summed E-state index contributed by atoms with van der Waals surface area (Å²) in [4.78, 5) is 99.3. The van der Waals surface area contributed by atoms with Crippen molar-refractivity contribution in [2.24, 2.45) is 5.92 Å². The van der Waals surface area contributed by atoms with Gasteiger partial charge in [0, 0.05) is 37.4 Å². The fraction of sp³-hybridized carbons (Fsp3) is 0.606. The highest BCUT2D eigenvalue weighted by molar-refractivity contribution is 5.87. The number of aryl methyl sites for hydroxylation is 1. The molecule has 0 radical (unpaired) electrons. The van der Waals surface area contributed by atoms with Crippen LogP contribution in [0.1, 0.15) is 50.4 Å². The molecular weight excluding hydrogens is 804 g/mol. The van der Waals surface area contributed by atoms with Gasteiger partial charge in [0.15, 0.2) is 30.0 Å². The number of nitro groups is 4. The molecular formula is C33H40N4O22. The minimum atomic E-state index is -2.22. The van der Waals surface area contributed by atoms with E-state index in [1.54, 1.807) is 13.0 Å². The lowest BCUT2D eigenvalue weighted by Crippen LogP contribution is -2.62. The number of hydrogen-bond acceptors (Lipinski definition) is 22. The molecule has 2 aliphatic rings. The van der Waals surface area contributed by atoms with Crippen LogP contribution >= 0.6 is 0 Å². The highest BCUT2D eigenvalue weighted by atomic mass is 16.7. The average Bonchev–Trinajstić information content (AvgIpc) is 3.34. The van der Waals surface area contributed by atoms with E-state index in [-0.39, 0.29) is 16.6 Å². The molecule has 26 nitrogen and oxygen atoms in total. The molecule has 0 aliphatic carbocycles. The normalized spacial score (nSPS) is 20.9. The monoisotopic (exact) mass is 844 g/mol. The van der Waals surface area contributed by atoms with Crippen LogP contribution in [0.5, 0.6) is 11.5 Å². The van der Waals surface area contributed by atoms with Gasteiger partial charge in [0.1, 0.15) is 66.6 Å². The predicted octanol–water partition coefficient (Wildman–Crippen LogP) is 0.418. The molecule has 59 heavy (non-hydrogen) atoms. The van der Waals surface area contributed by atoms with Crippen molar-refractivity contribution in [2.75, 3.05) is 39.4 Å². The van der Waals surface area contributed by atoms with Crippen molar-refractivity contribution in [3.63, 3.8) is 0 Å². The molecule has 26 heteroatoms. The second-order valence-corrected chi connectivity index (χ2v) is 13.1. The number of carbonyl (C=O) groups excluding carboxylic acids is 4. The number of hydrogen-bond donors (Lipinski definition) is 2. The summed E-state index contributed by atoms with van der Waals surface area (Å²) in [7, 11) is 0. The van der Waals surface area contributed by atoms with Gasteiger partial charge in [-0.25, -0.2) is 0 Å². The second-order valence-electron chi connectivity index (χ2n) is 13.1. The minimum Gasteiger partial charge on any atom is -0.507 e. The minimum absolute atomic E-state index is 0.00958. The summed E-state index contributed by atoms with van der Waals surface area (Å²) in [6.07, 6.45) is -11.5. The number of benzene rings is 1. The number of aliphatic hydroxyl groups is 1. The number of aliphatic hydroxyl groups excluding tert-OH is 1. The average molecular weight is 845 g/mol. The highest BCUT2D eigenvalue weighted by Crippen LogP contribution is 2.38. The van der Waals surface area contributed by atoms with Crippen LogP contribution in [0.2, 0.25) is 0 Å². The number of esters is 4. The Balaban J connectivity index is 0.000000401. The fourth-order valence-corrected chi connectivity index (χ4v) is 5.56. The molecule has 324 valence electrons. The summed E-state index contributed by atoms with van der Waals surface area (Å²) >= 11 is 0. The molecule has 6 unspecified atom stereocenters. The fourth-order valence-electron chi connectivity index (χ4n) is 5.56. The Morgan fingerprint density at radius 3 is 1.80 bits per heavy atom. The van der Waals surface area contributed by atoms with Gasteiger partial charge in [-0.3, -0.25) is 64.4 Å². The van der Waals surface area contributed by atoms with Crippen LogP contribution in [0, 0.1) is 53.3 Å². The summed E-state index contributed by atoms with van der Waals surface area (Å²) in [5.74, 6) is -3.47. The largest absolute Gasteiger partial charge is 0.507 e. The Kier molecular flexibility index (Phi) is 17.3. The van der Waals surface area contributed by atoms with E-state index in [1.807, 2.05) is 0 Å². The first kappa shape index (κ1) is 46.8. The molecule has 1 aromatic carbocycles. The molecule has 2 N–H and O–H groups in total. The number of rotatable bonds is 17. The summed E-state index contributed by atoms with van der Waals surface area (Å²) in [6.45, 7) is -0.0176. The zero-order chi connectivity index (χ0) is 44.0. The lowest BCUT2D eigenvalue weighted by Gasteiger charge is -2.42. The lowest BCUT2D eigenvalue weighted by atomic mass is 9.98. The van der Waals surface area contributed by atoms with Gasteiger partial charge in [0.2, 0.25) is 26.2 Å². The zero-order valence-electron chi connectivity index (χ0n) is 31.5. The molecule has 0 bridgehead atoms. The topological polar surface area (TPSA) is 367 Å². The first-order valence-corrected chi connectivity index (χ1v) is 17.7. The summed E-state index contributed by atoms with van der Waals surface area (Å²) in [5, 5.41) is 63.3. The third-order valence-corrected chi connectivity index (χ3v) is 8.41. The van der Waals surface area contributed by atoms with E-state index in [9.17, 15) is 74.6 Å². The number of fused-ring (bicyclic) bond motifs is 2. The quantitative estimate of drug-likeness (QED) is 0.0942. The Labute approximate surface area is 330 Å². The Hall–Kier alpha value is -6.57. The van der Waals surface area contributed by atoms with Crippen molar-refractivity contribution in [2.45, 2.75) is 83.1 Å². The van der Waals surface area contributed by atoms with Gasteiger partial charge >= 0.3 is 23.9 Å². The third kappa shape index (κ3) is 14.7. The van der Waals surface area contributed by atoms with Crippen LogP contribution in [0.4, 0.5) is 0 Å². The van der Waals surface area contributed by atoms with Crippen molar-refractivity contribution in [3.05, 3.63) is 74.1 Å². The molecule has 3 heterocycles. The molecule has 6 atom stereocenters. The number of nitrogens with zero attached hydrogens (tertiary/aromatic N) is 4. The van der Waals surface area contributed by atoms with Crippen LogP contribution in [0.3, 0.4) is 0 Å². The maximum atomic E-state index is 12.3. The standard InChI is InChI=1S/C18H24N4O18.C15H16O4/c23-11(1-5-19(28)29)36-9-10-15(38-12(24)2-6-20(30)31)16(39-13(25)3-7-21(32)33)17(18(27)37-10)40-14(26)4-8-22(34)35;1-8-3-4-10-12(18-7-8)6-13-14(15(10)17)11(16)5-9(2)19-13/h10,15-18,27H,1-9H2;5-6,8,17H,3-4,7H2,1-2H3. The van der Waals surface area contributed by atoms with E-state index >= 15 is 0 Å². The Bertz CT molecular complexity index is 1970. The summed E-state index contributed by atoms with van der Waals surface area (Å²) in [5.41, 5.74) is 0.889. The van der Waals surface area contributed by atoms with Gasteiger partial charge in [0.05, 0.1) is 6.61 Å². The molecule has 0 amide bonds. The van der Waals surface area contributed by atoms with Crippen molar-refractivity contribution in [1.29, 1.82) is 0 Å². The van der Waals surface area contributed by atoms with E-state index in [4.69, 9.17) is 32.8 Å². The molecule has 1 saturated heterocycles. The predicted molar refractivity (Wildman–Crippen MR) is 189 cm³/mol. The summed E-state index contributed by atoms with van der Waals surface area (Å²) in [6, 6.07) is 3.12. The van der Waals surface area contributed by atoms with Crippen LogP contribution in [-0.2, 0) is 49.3 Å². The van der Waals surface area contributed by atoms with Gasteiger partial charge in [-0.15, -0.1) is 0 Å². The molecule has 2 aromatic rings. The first-order valence-electron chi connectivity index (χ1n) is 17.7. The zero-order valence-corrected chi connectivity index (χ0v) is 31.5. The first-order chi connectivity index (χ1) is 27.7. The van der Waals surface area contributed by atoms with Crippen molar-refractivity contribution < 1.29 is 81.9 Å². The van der Waals surface area contributed by atoms with Gasteiger partial charge in [0.25, 0.3) is 0 Å². The number of ether oxygens (including phenoxy) is 6. The Morgan fingerprint density at radius 1 is 0.780 bits per heavy atom. The van der Waals surface area contributed by atoms with Crippen LogP contribution in [0.15, 0.2) is 21.3 Å². The van der Waals surface area contributed by atoms with Crippen molar-refractivity contribution in [1.82, 2.24) is 0 Å². The second kappa shape index (κ2) is 21.8. The van der Waals surface area contributed by atoms with Crippen molar-refractivity contribution in [3.8, 4) is 11.5 Å². The molecule has 4 rings (SSSR count). The Morgan fingerprint density at radius 2 is 1.27 bits per heavy atom. The van der Waals surface area contributed by atoms with Crippen LogP contribution in [0.25, 0.3) is 11.0 Å². The SMILES string of the molecule is Cc1cc(=O)c2c(O)c3c(cc2o1)OCC(C)CC3.O=C(CC[N+](=O)[O-])OCC1OC(O)C(OC(=O)CC[N+](=O)[O-])C(OC(=O)CC[N+](=O)[O-])C1OC(=O)CC[N+](=O)[O-]. The van der Waals surface area contributed by atoms with E-state index in [1.165, 1.54) is 6.07 Å². The number of phenols is 1. The maximum absolute atomic E-state index is 12.3. The number of carbonyl (C=O) groups is 4. The van der Waals surface area contributed by atoms with Gasteiger partial charge in [-0.05, 0) is 25.7 Å². The highest BCUT2D eigenvalue weighted by Gasteiger charge is 2.52. The summed E-state index contributed by atoms with van der Waals surface area (Å²) < 4.78 is 36.3. The molecule has 1 fully saturated rings. The van der Waals surface area contributed by atoms with Crippen LogP contribution in [-0.4, -0.2) is 124 Å².